The van der Waals surface area contributed by atoms with Crippen LogP contribution in [0.2, 0.25) is 0 Å². The fraction of sp³-hybridized carbons (Fsp3) is 0.444. The van der Waals surface area contributed by atoms with Gasteiger partial charge in [-0.2, -0.15) is 5.26 Å². The predicted octanol–water partition coefficient (Wildman–Crippen LogP) is 1.83. The summed E-state index contributed by atoms with van der Waals surface area (Å²) in [5.41, 5.74) is 0. The Morgan fingerprint density at radius 3 is 2.64 bits per heavy atom. The Balaban J connectivity index is 2.66. The summed E-state index contributed by atoms with van der Waals surface area (Å²) >= 11 is 3.26. The Kier molecular flexibility index (Phi) is 3.84. The Morgan fingerprint density at radius 2 is 2.14 bits per heavy atom. The van der Waals surface area contributed by atoms with E-state index >= 15 is 0 Å². The predicted molar refractivity (Wildman–Crippen MR) is 57.8 cm³/mol. The van der Waals surface area contributed by atoms with Gasteiger partial charge in [-0.15, -0.1) is 0 Å². The number of nitrogens with zero attached hydrogens (tertiary/aromatic N) is 4. The zero-order chi connectivity index (χ0) is 10.6. The maximum absolute atomic E-state index is 8.65. The molecule has 0 aromatic carbocycles. The molecule has 1 heterocycles. The molecule has 0 aliphatic carbocycles. The van der Waals surface area contributed by atoms with Gasteiger partial charge in [-0.25, -0.2) is 9.97 Å². The van der Waals surface area contributed by atoms with Crippen LogP contribution in [-0.4, -0.2) is 23.6 Å². The van der Waals surface area contributed by atoms with E-state index in [1.54, 1.807) is 12.4 Å². The fourth-order valence-electron chi connectivity index (χ4n) is 1.04. The van der Waals surface area contributed by atoms with Gasteiger partial charge in [-0.05, 0) is 22.9 Å². The maximum atomic E-state index is 8.65. The van der Waals surface area contributed by atoms with Gasteiger partial charge in [0.1, 0.15) is 0 Å². The van der Waals surface area contributed by atoms with Crippen LogP contribution in [0.3, 0.4) is 0 Å². The average molecular weight is 255 g/mol. The largest absolute Gasteiger partial charge is 0.343 e. The molecule has 1 aromatic rings. The van der Waals surface area contributed by atoms with Gasteiger partial charge in [-0.1, -0.05) is 0 Å². The van der Waals surface area contributed by atoms with Crippen molar-refractivity contribution in [3.8, 4) is 6.07 Å². The molecule has 1 rings (SSSR count). The number of halogens is 1. The van der Waals surface area contributed by atoms with E-state index in [0.717, 1.165) is 4.47 Å². The van der Waals surface area contributed by atoms with Gasteiger partial charge in [-0.3, -0.25) is 0 Å². The molecule has 0 amide bonds. The van der Waals surface area contributed by atoms with Gasteiger partial charge < -0.3 is 4.90 Å². The van der Waals surface area contributed by atoms with E-state index in [1.807, 2.05) is 18.9 Å². The molecule has 0 spiro atoms. The Morgan fingerprint density at radius 1 is 1.57 bits per heavy atom. The molecule has 1 atom stereocenters. The Bertz CT molecular complexity index is 330. The van der Waals surface area contributed by atoms with Crippen LogP contribution in [0.5, 0.6) is 0 Å². The van der Waals surface area contributed by atoms with Crippen LogP contribution in [0.25, 0.3) is 0 Å². The van der Waals surface area contributed by atoms with Crippen LogP contribution in [0.4, 0.5) is 5.95 Å². The Labute approximate surface area is 91.7 Å². The minimum atomic E-state index is -0.0211. The zero-order valence-electron chi connectivity index (χ0n) is 8.11. The molecule has 0 saturated carbocycles. The lowest BCUT2D eigenvalue weighted by atomic mass is 10.2. The number of rotatable bonds is 3. The van der Waals surface area contributed by atoms with Crippen LogP contribution in [0.1, 0.15) is 6.92 Å². The number of aromatic nitrogens is 2. The van der Waals surface area contributed by atoms with Crippen molar-refractivity contribution in [2.45, 2.75) is 6.92 Å². The van der Waals surface area contributed by atoms with Crippen molar-refractivity contribution in [1.29, 1.82) is 5.26 Å². The molecule has 14 heavy (non-hydrogen) atoms. The first-order chi connectivity index (χ1) is 6.63. The van der Waals surface area contributed by atoms with Crippen LogP contribution in [0, 0.1) is 17.2 Å². The molecule has 74 valence electrons. The van der Waals surface area contributed by atoms with E-state index in [-0.39, 0.29) is 5.92 Å². The molecule has 5 heteroatoms. The molecule has 0 aliphatic heterocycles. The van der Waals surface area contributed by atoms with Gasteiger partial charge >= 0.3 is 0 Å². The van der Waals surface area contributed by atoms with Crippen molar-refractivity contribution >= 4 is 21.9 Å². The molecule has 1 aromatic heterocycles. The summed E-state index contributed by atoms with van der Waals surface area (Å²) in [7, 11) is 1.87. The summed E-state index contributed by atoms with van der Waals surface area (Å²) in [5, 5.41) is 8.65. The molecular formula is C9H11BrN4. The molecular weight excluding hydrogens is 244 g/mol. The minimum Gasteiger partial charge on any atom is -0.343 e. The highest BCUT2D eigenvalue weighted by molar-refractivity contribution is 9.10. The third-order valence-electron chi connectivity index (χ3n) is 1.72. The van der Waals surface area contributed by atoms with E-state index in [9.17, 15) is 0 Å². The lowest BCUT2D eigenvalue weighted by Crippen LogP contribution is -2.24. The van der Waals surface area contributed by atoms with Crippen molar-refractivity contribution in [2.75, 3.05) is 18.5 Å². The van der Waals surface area contributed by atoms with Crippen LogP contribution < -0.4 is 4.90 Å². The first kappa shape index (κ1) is 10.9. The molecule has 1 unspecified atom stereocenters. The van der Waals surface area contributed by atoms with E-state index in [1.165, 1.54) is 0 Å². The van der Waals surface area contributed by atoms with E-state index in [4.69, 9.17) is 5.26 Å². The van der Waals surface area contributed by atoms with Gasteiger partial charge in [0.2, 0.25) is 5.95 Å². The number of anilines is 1. The monoisotopic (exact) mass is 254 g/mol. The van der Waals surface area contributed by atoms with E-state index in [2.05, 4.69) is 32.0 Å². The van der Waals surface area contributed by atoms with Crippen LogP contribution >= 0.6 is 15.9 Å². The summed E-state index contributed by atoms with van der Waals surface area (Å²) < 4.78 is 0.850. The minimum absolute atomic E-state index is 0.0211. The highest BCUT2D eigenvalue weighted by Crippen LogP contribution is 2.10. The van der Waals surface area contributed by atoms with Crippen molar-refractivity contribution in [2.24, 2.45) is 5.92 Å². The SMILES string of the molecule is CC(C#N)CN(C)c1ncc(Br)cn1. The highest BCUT2D eigenvalue weighted by Gasteiger charge is 2.07. The summed E-state index contributed by atoms with van der Waals surface area (Å²) in [6, 6.07) is 2.17. The van der Waals surface area contributed by atoms with Crippen LogP contribution in [0.15, 0.2) is 16.9 Å². The first-order valence-electron chi connectivity index (χ1n) is 4.21. The first-order valence-corrected chi connectivity index (χ1v) is 5.01. The topological polar surface area (TPSA) is 52.8 Å². The van der Waals surface area contributed by atoms with Crippen molar-refractivity contribution in [3.63, 3.8) is 0 Å². The van der Waals surface area contributed by atoms with Crippen molar-refractivity contribution in [1.82, 2.24) is 9.97 Å². The smallest absolute Gasteiger partial charge is 0.225 e. The average Bonchev–Trinajstić information content (AvgIpc) is 2.18. The third-order valence-corrected chi connectivity index (χ3v) is 2.13. The highest BCUT2D eigenvalue weighted by atomic mass is 79.9. The zero-order valence-corrected chi connectivity index (χ0v) is 9.69. The third kappa shape index (κ3) is 2.96. The van der Waals surface area contributed by atoms with Crippen molar-refractivity contribution in [3.05, 3.63) is 16.9 Å². The second-order valence-corrected chi connectivity index (χ2v) is 4.03. The summed E-state index contributed by atoms with van der Waals surface area (Å²) in [4.78, 5) is 10.1. The molecule has 0 aliphatic rings. The lowest BCUT2D eigenvalue weighted by molar-refractivity contribution is 0.702. The van der Waals surface area contributed by atoms with Gasteiger partial charge in [0.25, 0.3) is 0 Å². The summed E-state index contributed by atoms with van der Waals surface area (Å²) in [6.07, 6.45) is 3.38. The number of hydrogen-bond acceptors (Lipinski definition) is 4. The number of hydrogen-bond donors (Lipinski definition) is 0. The van der Waals surface area contributed by atoms with Gasteiger partial charge in [0.05, 0.1) is 16.5 Å². The lowest BCUT2D eigenvalue weighted by Gasteiger charge is -2.17. The normalized spacial score (nSPS) is 11.9. The van der Waals surface area contributed by atoms with Crippen molar-refractivity contribution < 1.29 is 0 Å². The van der Waals surface area contributed by atoms with E-state index in [0.29, 0.717) is 12.5 Å². The number of nitriles is 1. The molecule has 0 saturated heterocycles. The van der Waals surface area contributed by atoms with Crippen LogP contribution in [-0.2, 0) is 0 Å². The second kappa shape index (κ2) is 4.91. The summed E-state index contributed by atoms with van der Waals surface area (Å²) in [5.74, 6) is 0.613. The van der Waals surface area contributed by atoms with E-state index < -0.39 is 0 Å². The summed E-state index contributed by atoms with van der Waals surface area (Å²) in [6.45, 7) is 2.51. The molecule has 0 bridgehead atoms. The molecule has 0 radical (unpaired) electrons. The molecule has 0 fully saturated rings. The standard InChI is InChI=1S/C9H11BrN4/c1-7(3-11)6-14(2)9-12-4-8(10)5-13-9/h4-5,7H,6H2,1-2H3. The molecule has 0 N–H and O–H groups in total. The Hall–Kier alpha value is -1.15. The van der Waals surface area contributed by atoms with Gasteiger partial charge in [0, 0.05) is 26.0 Å². The molecule has 4 nitrogen and oxygen atoms in total. The fourth-order valence-corrected chi connectivity index (χ4v) is 1.24. The maximum Gasteiger partial charge on any atom is 0.225 e. The second-order valence-electron chi connectivity index (χ2n) is 3.11. The quantitative estimate of drug-likeness (QED) is 0.826. The van der Waals surface area contributed by atoms with Gasteiger partial charge in [0.15, 0.2) is 0 Å².